The molecule has 0 aliphatic rings. The molecule has 7 heteroatoms. The maximum Gasteiger partial charge on any atom is 0.248 e. The van der Waals surface area contributed by atoms with E-state index in [4.69, 9.17) is 0 Å². The second-order valence-corrected chi connectivity index (χ2v) is 5.25. The lowest BCUT2D eigenvalue weighted by molar-refractivity contribution is -0.117. The Morgan fingerprint density at radius 1 is 1.17 bits per heavy atom. The first-order valence-corrected chi connectivity index (χ1v) is 7.17. The molecule has 0 radical (unpaired) electrons. The number of pyridine rings is 1. The number of hydrogen-bond acceptors (Lipinski definition) is 5. The van der Waals surface area contributed by atoms with E-state index in [-0.39, 0.29) is 12.5 Å². The van der Waals surface area contributed by atoms with E-state index < -0.39 is 0 Å². The second-order valence-electron chi connectivity index (χ2n) is 5.25. The van der Waals surface area contributed by atoms with Gasteiger partial charge in [-0.2, -0.15) is 4.80 Å². The fourth-order valence-electron chi connectivity index (χ4n) is 2.12. The largest absolute Gasteiger partial charge is 0.324 e. The molecule has 0 aliphatic carbocycles. The van der Waals surface area contributed by atoms with E-state index in [9.17, 15) is 4.79 Å². The predicted octanol–water partition coefficient (Wildman–Crippen LogP) is 1.99. The smallest absolute Gasteiger partial charge is 0.248 e. The average Bonchev–Trinajstić information content (AvgIpc) is 3.00. The Morgan fingerprint density at radius 2 is 1.96 bits per heavy atom. The van der Waals surface area contributed by atoms with Gasteiger partial charge in [-0.25, -0.2) is 0 Å². The minimum absolute atomic E-state index is 0.00542. The lowest BCUT2D eigenvalue weighted by Gasteiger charge is -2.08. The molecule has 2 aromatic heterocycles. The summed E-state index contributed by atoms with van der Waals surface area (Å²) >= 11 is 0. The summed E-state index contributed by atoms with van der Waals surface area (Å²) in [4.78, 5) is 17.4. The minimum Gasteiger partial charge on any atom is -0.324 e. The van der Waals surface area contributed by atoms with Crippen LogP contribution in [0.3, 0.4) is 0 Å². The third kappa shape index (κ3) is 3.57. The Kier molecular flexibility index (Phi) is 4.09. The molecule has 0 spiro atoms. The monoisotopic (exact) mass is 308 g/mol. The highest BCUT2D eigenvalue weighted by atomic mass is 16.2. The molecule has 116 valence electrons. The van der Waals surface area contributed by atoms with E-state index in [0.29, 0.717) is 5.82 Å². The summed E-state index contributed by atoms with van der Waals surface area (Å²) in [6.07, 6.45) is 3.31. The Labute approximate surface area is 133 Å². The maximum absolute atomic E-state index is 12.1. The third-order valence-electron chi connectivity index (χ3n) is 3.34. The van der Waals surface area contributed by atoms with Crippen molar-refractivity contribution < 1.29 is 4.79 Å². The number of hydrogen-bond donors (Lipinski definition) is 1. The molecule has 0 bridgehead atoms. The van der Waals surface area contributed by atoms with Gasteiger partial charge in [0.05, 0.1) is 0 Å². The number of carbonyl (C=O) groups is 1. The van der Waals surface area contributed by atoms with E-state index in [1.807, 2.05) is 32.0 Å². The standard InChI is InChI=1S/C16H16N6O/c1-11-3-4-12(2)14(9-11)18-15(23)10-22-20-16(19-21-22)13-5-7-17-8-6-13/h3-9H,10H2,1-2H3,(H,18,23). The molecule has 0 aliphatic heterocycles. The van der Waals surface area contributed by atoms with E-state index in [0.717, 1.165) is 22.4 Å². The number of benzene rings is 1. The number of nitrogens with one attached hydrogen (secondary N) is 1. The molecule has 0 unspecified atom stereocenters. The van der Waals surface area contributed by atoms with Crippen LogP contribution in [0.4, 0.5) is 5.69 Å². The van der Waals surface area contributed by atoms with Crippen molar-refractivity contribution in [3.63, 3.8) is 0 Å². The number of aryl methyl sites for hydroxylation is 2. The Hall–Kier alpha value is -3.09. The van der Waals surface area contributed by atoms with Gasteiger partial charge in [-0.1, -0.05) is 12.1 Å². The van der Waals surface area contributed by atoms with Crippen molar-refractivity contribution in [3.05, 3.63) is 53.9 Å². The van der Waals surface area contributed by atoms with Crippen molar-refractivity contribution in [3.8, 4) is 11.4 Å². The molecule has 3 aromatic rings. The van der Waals surface area contributed by atoms with E-state index in [1.54, 1.807) is 24.5 Å². The number of tetrazole rings is 1. The van der Waals surface area contributed by atoms with Crippen LogP contribution in [0, 0.1) is 13.8 Å². The van der Waals surface area contributed by atoms with Gasteiger partial charge in [-0.3, -0.25) is 9.78 Å². The highest BCUT2D eigenvalue weighted by Gasteiger charge is 2.10. The highest BCUT2D eigenvalue weighted by molar-refractivity contribution is 5.91. The molecule has 1 N–H and O–H groups in total. The molecule has 0 fully saturated rings. The Morgan fingerprint density at radius 3 is 2.74 bits per heavy atom. The van der Waals surface area contributed by atoms with Crippen LogP contribution in [-0.2, 0) is 11.3 Å². The summed E-state index contributed by atoms with van der Waals surface area (Å²) in [5.74, 6) is 0.268. The molecule has 0 saturated heterocycles. The SMILES string of the molecule is Cc1ccc(C)c(NC(=O)Cn2nnc(-c3ccncc3)n2)c1. The Balaban J connectivity index is 1.69. The fourth-order valence-corrected chi connectivity index (χ4v) is 2.12. The first kappa shape index (κ1) is 14.8. The van der Waals surface area contributed by atoms with Gasteiger partial charge < -0.3 is 5.32 Å². The topological polar surface area (TPSA) is 85.6 Å². The first-order valence-electron chi connectivity index (χ1n) is 7.17. The molecule has 7 nitrogen and oxygen atoms in total. The summed E-state index contributed by atoms with van der Waals surface area (Å²) in [6.45, 7) is 3.94. The van der Waals surface area contributed by atoms with Gasteiger partial charge in [0.2, 0.25) is 11.7 Å². The molecule has 1 amide bonds. The van der Waals surface area contributed by atoms with Crippen LogP contribution in [0.2, 0.25) is 0 Å². The molecule has 3 rings (SSSR count). The molecule has 1 aromatic carbocycles. The quantitative estimate of drug-likeness (QED) is 0.796. The number of rotatable bonds is 4. The van der Waals surface area contributed by atoms with Crippen molar-refractivity contribution in [2.24, 2.45) is 0 Å². The van der Waals surface area contributed by atoms with Gasteiger partial charge in [0.1, 0.15) is 6.54 Å². The summed E-state index contributed by atoms with van der Waals surface area (Å²) in [6, 6.07) is 9.49. The zero-order chi connectivity index (χ0) is 16.2. The molecule has 0 saturated carbocycles. The summed E-state index contributed by atoms with van der Waals surface area (Å²) in [5.41, 5.74) is 3.70. The lowest BCUT2D eigenvalue weighted by atomic mass is 10.1. The van der Waals surface area contributed by atoms with Crippen molar-refractivity contribution in [2.45, 2.75) is 20.4 Å². The van der Waals surface area contributed by atoms with Crippen LogP contribution in [0.15, 0.2) is 42.7 Å². The second kappa shape index (κ2) is 6.35. The van der Waals surface area contributed by atoms with E-state index in [1.165, 1.54) is 4.80 Å². The molecule has 23 heavy (non-hydrogen) atoms. The van der Waals surface area contributed by atoms with Gasteiger partial charge in [0.15, 0.2) is 0 Å². The summed E-state index contributed by atoms with van der Waals surface area (Å²) < 4.78 is 0. The summed E-state index contributed by atoms with van der Waals surface area (Å²) in [7, 11) is 0. The van der Waals surface area contributed by atoms with E-state index in [2.05, 4.69) is 25.7 Å². The van der Waals surface area contributed by atoms with Crippen molar-refractivity contribution in [1.29, 1.82) is 0 Å². The average molecular weight is 308 g/mol. The normalized spacial score (nSPS) is 10.5. The Bertz CT molecular complexity index is 828. The van der Waals surface area contributed by atoms with Gasteiger partial charge in [-0.15, -0.1) is 10.2 Å². The van der Waals surface area contributed by atoms with Gasteiger partial charge in [0, 0.05) is 23.6 Å². The number of nitrogens with zero attached hydrogens (tertiary/aromatic N) is 5. The number of carbonyl (C=O) groups excluding carboxylic acids is 1. The van der Waals surface area contributed by atoms with Crippen LogP contribution >= 0.6 is 0 Å². The van der Waals surface area contributed by atoms with Crippen molar-refractivity contribution in [2.75, 3.05) is 5.32 Å². The van der Waals surface area contributed by atoms with Gasteiger partial charge in [-0.05, 0) is 48.4 Å². The van der Waals surface area contributed by atoms with Crippen molar-refractivity contribution >= 4 is 11.6 Å². The highest BCUT2D eigenvalue weighted by Crippen LogP contribution is 2.16. The summed E-state index contributed by atoms with van der Waals surface area (Å²) in [5, 5.41) is 14.9. The van der Waals surface area contributed by atoms with Gasteiger partial charge in [0.25, 0.3) is 0 Å². The predicted molar refractivity (Wildman–Crippen MR) is 85.6 cm³/mol. The minimum atomic E-state index is -0.197. The van der Waals surface area contributed by atoms with Crippen LogP contribution in [0.1, 0.15) is 11.1 Å². The van der Waals surface area contributed by atoms with Crippen LogP contribution in [-0.4, -0.2) is 31.1 Å². The van der Waals surface area contributed by atoms with Gasteiger partial charge >= 0.3 is 0 Å². The maximum atomic E-state index is 12.1. The van der Waals surface area contributed by atoms with Crippen LogP contribution in [0.25, 0.3) is 11.4 Å². The molecular formula is C16H16N6O. The zero-order valence-electron chi connectivity index (χ0n) is 12.9. The number of anilines is 1. The van der Waals surface area contributed by atoms with E-state index >= 15 is 0 Å². The van der Waals surface area contributed by atoms with Crippen LogP contribution in [0.5, 0.6) is 0 Å². The van der Waals surface area contributed by atoms with Crippen molar-refractivity contribution in [1.82, 2.24) is 25.2 Å². The number of aromatic nitrogens is 5. The first-order chi connectivity index (χ1) is 11.1. The molecule has 2 heterocycles. The number of amides is 1. The zero-order valence-corrected chi connectivity index (χ0v) is 12.9. The molecule has 0 atom stereocenters. The molecular weight excluding hydrogens is 292 g/mol. The fraction of sp³-hybridized carbons (Fsp3) is 0.188. The van der Waals surface area contributed by atoms with Crippen LogP contribution < -0.4 is 5.32 Å². The lowest BCUT2D eigenvalue weighted by Crippen LogP contribution is -2.21. The third-order valence-corrected chi connectivity index (χ3v) is 3.34.